The second-order valence-corrected chi connectivity index (χ2v) is 9.24. The maximum Gasteiger partial charge on any atom is 0.490 e. The maximum atomic E-state index is 12.7. The van der Waals surface area contributed by atoms with E-state index in [2.05, 4.69) is 5.32 Å². The van der Waals surface area contributed by atoms with Crippen molar-refractivity contribution in [3.8, 4) is 11.5 Å². The van der Waals surface area contributed by atoms with Gasteiger partial charge in [-0.25, -0.2) is 4.79 Å². The van der Waals surface area contributed by atoms with Gasteiger partial charge in [-0.2, -0.15) is 13.2 Å². The molecule has 1 aliphatic rings. The lowest BCUT2D eigenvalue weighted by Gasteiger charge is -2.32. The number of hydrogen-bond acceptors (Lipinski definition) is 7. The van der Waals surface area contributed by atoms with Gasteiger partial charge in [0.25, 0.3) is 5.91 Å². The fraction of sp³-hybridized carbons (Fsp3) is 0.370. The molecule has 1 heterocycles. The molecule has 1 fully saturated rings. The number of nitrogens with two attached hydrogens (primary N) is 1. The molecule has 0 spiro atoms. The van der Waals surface area contributed by atoms with Gasteiger partial charge in [0.2, 0.25) is 0 Å². The Hall–Kier alpha value is -4.82. The molecule has 1 aliphatic heterocycles. The number of hydrogen-bond donors (Lipinski definition) is 6. The molecule has 1 atom stereocenters. The third-order valence-electron chi connectivity index (χ3n) is 5.93. The number of nitrogens with one attached hydrogen (secondary N) is 3. The number of carbonyl (C=O) groups excluding carboxylic acids is 1. The number of carboxylic acids is 2. The third kappa shape index (κ3) is 11.3. The van der Waals surface area contributed by atoms with Crippen LogP contribution in [-0.4, -0.2) is 82.6 Å². The molecule has 2 aromatic rings. The lowest BCUT2D eigenvalue weighted by atomic mass is 10.1. The van der Waals surface area contributed by atoms with E-state index in [1.165, 1.54) is 0 Å². The van der Waals surface area contributed by atoms with E-state index >= 15 is 0 Å². The van der Waals surface area contributed by atoms with E-state index in [1.807, 2.05) is 4.90 Å². The van der Waals surface area contributed by atoms with Crippen LogP contribution in [-0.2, 0) is 9.59 Å². The zero-order valence-electron chi connectivity index (χ0n) is 22.6. The smallest absolute Gasteiger partial charge is 0.490 e. The molecule has 7 N–H and O–H groups in total. The van der Waals surface area contributed by atoms with Crippen molar-refractivity contribution < 1.29 is 47.2 Å². The number of likely N-dealkylation sites (tertiary alicyclic amines) is 1. The lowest BCUT2D eigenvalue weighted by molar-refractivity contribution is -0.192. The molecule has 1 amide bonds. The number of amides is 1. The molecule has 0 bridgehead atoms. The van der Waals surface area contributed by atoms with Crippen LogP contribution in [0.4, 0.5) is 13.2 Å². The number of alkyl halides is 3. The molecule has 0 aromatic heterocycles. The van der Waals surface area contributed by atoms with Crippen LogP contribution < -0.4 is 20.5 Å². The van der Waals surface area contributed by atoms with Gasteiger partial charge < -0.3 is 35.6 Å². The van der Waals surface area contributed by atoms with Crippen LogP contribution >= 0.6 is 0 Å². The van der Waals surface area contributed by atoms with Crippen molar-refractivity contribution in [2.24, 2.45) is 5.73 Å². The molecule has 0 radical (unpaired) electrons. The van der Waals surface area contributed by atoms with E-state index in [1.54, 1.807) is 55.5 Å². The summed E-state index contributed by atoms with van der Waals surface area (Å²) in [7, 11) is 0. The minimum Gasteiger partial charge on any atom is -0.491 e. The number of amidine groups is 2. The number of nitrogens with zero attached hydrogens (tertiary/aromatic N) is 1. The molecule has 15 heteroatoms. The standard InChI is InChI=1S/C25H31N5O5.C2HF3O2/c1-16(26)30-11-9-21(10-12-30)35-20-7-5-17(6-8-20)25(33)29-19(14-23(31)32)15-34-22-4-2-3-18(13-22)24(27)28;3-2(4,5)1(6)7/h2-8,13,19,21,26H,9-12,14-15H2,1H3,(H3,27,28)(H,29,33)(H,31,32);(H,6,7)/t19-;/m1./s1. The summed E-state index contributed by atoms with van der Waals surface area (Å²) in [5, 5.41) is 34.3. The molecule has 0 aliphatic carbocycles. The van der Waals surface area contributed by atoms with Crippen LogP contribution in [0.1, 0.15) is 42.1 Å². The summed E-state index contributed by atoms with van der Waals surface area (Å²) in [6.07, 6.45) is -3.69. The fourth-order valence-electron chi connectivity index (χ4n) is 3.77. The van der Waals surface area contributed by atoms with Gasteiger partial charge in [0.15, 0.2) is 0 Å². The van der Waals surface area contributed by atoms with Gasteiger partial charge in [0.1, 0.15) is 30.0 Å². The van der Waals surface area contributed by atoms with Gasteiger partial charge >= 0.3 is 18.1 Å². The summed E-state index contributed by atoms with van der Waals surface area (Å²) in [5.41, 5.74) is 6.35. The number of aliphatic carboxylic acids is 2. The summed E-state index contributed by atoms with van der Waals surface area (Å²) >= 11 is 0. The first-order valence-electron chi connectivity index (χ1n) is 12.6. The average Bonchev–Trinajstić information content (AvgIpc) is 2.92. The van der Waals surface area contributed by atoms with Crippen LogP contribution in [0.15, 0.2) is 48.5 Å². The van der Waals surface area contributed by atoms with Gasteiger partial charge in [0, 0.05) is 37.1 Å². The number of ether oxygens (including phenoxy) is 2. The van der Waals surface area contributed by atoms with E-state index in [0.717, 1.165) is 25.9 Å². The second kappa shape index (κ2) is 15.3. The number of nitrogen functional groups attached to an aromatic ring is 1. The van der Waals surface area contributed by atoms with Crippen molar-refractivity contribution >= 4 is 29.5 Å². The predicted molar refractivity (Wildman–Crippen MR) is 145 cm³/mol. The SMILES string of the molecule is CC(=N)N1CCC(Oc2ccc(C(=O)N[C@@H](COc3cccc(C(=N)N)c3)CC(=O)O)cc2)CC1.O=C(O)C(F)(F)F. The molecule has 0 unspecified atom stereocenters. The van der Waals surface area contributed by atoms with Gasteiger partial charge in [-0.3, -0.25) is 20.4 Å². The molecular weight excluding hydrogens is 563 g/mol. The van der Waals surface area contributed by atoms with Crippen LogP contribution in [0.25, 0.3) is 0 Å². The van der Waals surface area contributed by atoms with E-state index in [0.29, 0.717) is 28.5 Å². The molecule has 12 nitrogen and oxygen atoms in total. The monoisotopic (exact) mass is 595 g/mol. The van der Waals surface area contributed by atoms with Crippen molar-refractivity contribution in [1.29, 1.82) is 10.8 Å². The van der Waals surface area contributed by atoms with E-state index in [-0.39, 0.29) is 25.0 Å². The van der Waals surface area contributed by atoms with Gasteiger partial charge in [0.05, 0.1) is 18.3 Å². The highest BCUT2D eigenvalue weighted by Crippen LogP contribution is 2.20. The molecular formula is C27H32F3N5O7. The molecule has 42 heavy (non-hydrogen) atoms. The van der Waals surface area contributed by atoms with Gasteiger partial charge in [-0.1, -0.05) is 12.1 Å². The Bertz CT molecular complexity index is 1260. The Morgan fingerprint density at radius 2 is 1.64 bits per heavy atom. The van der Waals surface area contributed by atoms with Crippen molar-refractivity contribution in [3.05, 3.63) is 59.7 Å². The van der Waals surface area contributed by atoms with Crippen LogP contribution in [0, 0.1) is 10.8 Å². The summed E-state index contributed by atoms with van der Waals surface area (Å²) < 4.78 is 43.4. The highest BCUT2D eigenvalue weighted by molar-refractivity contribution is 5.95. The summed E-state index contributed by atoms with van der Waals surface area (Å²) in [4.78, 5) is 34.9. The zero-order chi connectivity index (χ0) is 31.4. The number of carboxylic acid groups (broad SMARTS) is 2. The van der Waals surface area contributed by atoms with E-state index < -0.39 is 30.1 Å². The minimum absolute atomic E-state index is 0.0591. The molecule has 3 rings (SSSR count). The summed E-state index contributed by atoms with van der Waals surface area (Å²) in [6.45, 7) is 3.29. The van der Waals surface area contributed by atoms with Crippen molar-refractivity contribution in [2.75, 3.05) is 19.7 Å². The largest absolute Gasteiger partial charge is 0.491 e. The lowest BCUT2D eigenvalue weighted by Crippen LogP contribution is -2.40. The van der Waals surface area contributed by atoms with Crippen molar-refractivity contribution in [1.82, 2.24) is 10.2 Å². The Balaban J connectivity index is 0.000000782. The topological polar surface area (TPSA) is 199 Å². The summed E-state index contributed by atoms with van der Waals surface area (Å²) in [5.74, 6) is -2.71. The normalized spacial score (nSPS) is 14.0. The first-order chi connectivity index (χ1) is 19.6. The maximum absolute atomic E-state index is 12.7. The first kappa shape index (κ1) is 33.4. The number of carbonyl (C=O) groups is 3. The number of rotatable bonds is 10. The molecule has 228 valence electrons. The quantitative estimate of drug-likeness (QED) is 0.176. The minimum atomic E-state index is -5.08. The van der Waals surface area contributed by atoms with Crippen LogP contribution in [0.5, 0.6) is 11.5 Å². The third-order valence-corrected chi connectivity index (χ3v) is 5.93. The molecule has 1 saturated heterocycles. The van der Waals surface area contributed by atoms with Gasteiger partial charge in [-0.15, -0.1) is 0 Å². The summed E-state index contributed by atoms with van der Waals surface area (Å²) in [6, 6.07) is 12.5. The van der Waals surface area contributed by atoms with Crippen molar-refractivity contribution in [3.63, 3.8) is 0 Å². The average molecular weight is 596 g/mol. The second-order valence-electron chi connectivity index (χ2n) is 9.24. The van der Waals surface area contributed by atoms with E-state index in [9.17, 15) is 27.9 Å². The van der Waals surface area contributed by atoms with Crippen LogP contribution in [0.2, 0.25) is 0 Å². The Kier molecular flexibility index (Phi) is 12.1. The Morgan fingerprint density at radius 1 is 1.05 bits per heavy atom. The van der Waals surface area contributed by atoms with Gasteiger partial charge in [-0.05, 0) is 43.3 Å². The molecule has 0 saturated carbocycles. The highest BCUT2D eigenvalue weighted by atomic mass is 19.4. The number of halogens is 3. The molecule has 2 aromatic carbocycles. The Labute approximate surface area is 239 Å². The zero-order valence-corrected chi connectivity index (χ0v) is 22.6. The highest BCUT2D eigenvalue weighted by Gasteiger charge is 2.38. The predicted octanol–water partition coefficient (Wildman–Crippen LogP) is 3.10. The number of benzene rings is 2. The Morgan fingerprint density at radius 3 is 2.14 bits per heavy atom. The van der Waals surface area contributed by atoms with E-state index in [4.69, 9.17) is 35.9 Å². The number of piperidine rings is 1. The fourth-order valence-corrected chi connectivity index (χ4v) is 3.77. The van der Waals surface area contributed by atoms with Crippen LogP contribution in [0.3, 0.4) is 0 Å². The van der Waals surface area contributed by atoms with Crippen molar-refractivity contribution in [2.45, 2.75) is 44.5 Å². The first-order valence-corrected chi connectivity index (χ1v) is 12.6.